The Kier molecular flexibility index (Phi) is 9.54. The van der Waals surface area contributed by atoms with Crippen molar-refractivity contribution in [2.45, 2.75) is 39.8 Å². The number of anilines is 1. The molecular weight excluding hydrogens is 542 g/mol. The lowest BCUT2D eigenvalue weighted by Crippen LogP contribution is -2.53. The normalized spacial score (nSPS) is 13.1. The molecule has 1 aliphatic rings. The number of carbonyl (C=O) groups is 2. The first-order valence-electron chi connectivity index (χ1n) is 13.6. The third-order valence-electron chi connectivity index (χ3n) is 6.75. The second-order valence-corrected chi connectivity index (χ2v) is 12.6. The monoisotopic (exact) mass is 579 g/mol. The summed E-state index contributed by atoms with van der Waals surface area (Å²) < 4.78 is 37.7. The first-order valence-corrected chi connectivity index (χ1v) is 15.4. The van der Waals surface area contributed by atoms with Crippen LogP contribution in [0.5, 0.6) is 11.5 Å². The van der Waals surface area contributed by atoms with Crippen LogP contribution >= 0.6 is 0 Å². The number of benzene rings is 3. The predicted molar refractivity (Wildman–Crippen MR) is 158 cm³/mol. The number of sulfonamides is 1. The zero-order valence-electron chi connectivity index (χ0n) is 23.9. The zero-order chi connectivity index (χ0) is 29.6. The van der Waals surface area contributed by atoms with Crippen LogP contribution in [0.1, 0.15) is 30.5 Å². The third-order valence-corrected chi connectivity index (χ3v) is 7.89. The molecule has 3 aromatic rings. The van der Waals surface area contributed by atoms with Gasteiger partial charge in [0.05, 0.1) is 11.9 Å². The van der Waals surface area contributed by atoms with Crippen molar-refractivity contribution in [3.63, 3.8) is 0 Å². The van der Waals surface area contributed by atoms with Crippen molar-refractivity contribution in [3.05, 3.63) is 89.5 Å². The molecule has 1 atom stereocenters. The van der Waals surface area contributed by atoms with Crippen LogP contribution in [0.3, 0.4) is 0 Å². The number of ether oxygens (including phenoxy) is 2. The standard InChI is InChI=1S/C31H37N3O6S/c1-22(2)18-32-31(36)27(16-24-8-6-5-7-9-24)33(19-25-12-10-23(3)11-13-25)30(35)20-34(41(4,37)38)26-14-15-28-29(17-26)40-21-39-28/h5-15,17,22,27H,16,18-21H2,1-4H3,(H,32,36)/t27-/m1/s1. The largest absolute Gasteiger partial charge is 0.454 e. The molecule has 0 radical (unpaired) electrons. The molecule has 2 amide bonds. The molecule has 0 fully saturated rings. The molecule has 9 nitrogen and oxygen atoms in total. The van der Waals surface area contributed by atoms with E-state index in [0.29, 0.717) is 18.0 Å². The molecule has 41 heavy (non-hydrogen) atoms. The molecule has 218 valence electrons. The lowest BCUT2D eigenvalue weighted by atomic mass is 10.0. The number of hydrogen-bond acceptors (Lipinski definition) is 6. The van der Waals surface area contributed by atoms with Crippen molar-refractivity contribution in [2.75, 3.05) is 30.4 Å². The van der Waals surface area contributed by atoms with Gasteiger partial charge in [-0.2, -0.15) is 0 Å². The van der Waals surface area contributed by atoms with Crippen LogP contribution in [0, 0.1) is 12.8 Å². The summed E-state index contributed by atoms with van der Waals surface area (Å²) in [5.74, 6) is 0.310. The number of hydrogen-bond donors (Lipinski definition) is 1. The van der Waals surface area contributed by atoms with E-state index in [4.69, 9.17) is 9.47 Å². The number of amides is 2. The molecule has 0 aliphatic carbocycles. The highest BCUT2D eigenvalue weighted by molar-refractivity contribution is 7.92. The first kappa shape index (κ1) is 29.9. The number of nitrogens with one attached hydrogen (secondary N) is 1. The average Bonchev–Trinajstić information content (AvgIpc) is 3.41. The summed E-state index contributed by atoms with van der Waals surface area (Å²) in [6.45, 7) is 6.09. The van der Waals surface area contributed by atoms with Crippen LogP contribution < -0.4 is 19.1 Å². The molecule has 0 saturated heterocycles. The summed E-state index contributed by atoms with van der Waals surface area (Å²) in [6.07, 6.45) is 1.32. The van der Waals surface area contributed by atoms with Gasteiger partial charge in [0.1, 0.15) is 12.6 Å². The molecule has 0 bridgehead atoms. The van der Waals surface area contributed by atoms with Crippen molar-refractivity contribution >= 4 is 27.5 Å². The van der Waals surface area contributed by atoms with Gasteiger partial charge in [0.25, 0.3) is 0 Å². The summed E-state index contributed by atoms with van der Waals surface area (Å²) in [5.41, 5.74) is 3.04. The van der Waals surface area contributed by atoms with E-state index >= 15 is 0 Å². The number of nitrogens with zero attached hydrogens (tertiary/aromatic N) is 2. The van der Waals surface area contributed by atoms with E-state index in [0.717, 1.165) is 27.3 Å². The molecule has 1 heterocycles. The Labute approximate surface area is 242 Å². The van der Waals surface area contributed by atoms with E-state index in [2.05, 4.69) is 5.32 Å². The van der Waals surface area contributed by atoms with E-state index < -0.39 is 28.5 Å². The predicted octanol–water partition coefficient (Wildman–Crippen LogP) is 3.90. The van der Waals surface area contributed by atoms with Crippen molar-refractivity contribution in [2.24, 2.45) is 5.92 Å². The highest BCUT2D eigenvalue weighted by Gasteiger charge is 2.33. The molecule has 3 aromatic carbocycles. The lowest BCUT2D eigenvalue weighted by molar-refractivity contribution is -0.140. The maximum atomic E-state index is 14.1. The van der Waals surface area contributed by atoms with Gasteiger partial charge in [-0.1, -0.05) is 74.0 Å². The summed E-state index contributed by atoms with van der Waals surface area (Å²) in [6, 6.07) is 21.0. The molecule has 0 aromatic heterocycles. The van der Waals surface area contributed by atoms with Crippen molar-refractivity contribution in [3.8, 4) is 11.5 Å². The Morgan fingerprint density at radius 2 is 1.61 bits per heavy atom. The maximum Gasteiger partial charge on any atom is 0.244 e. The van der Waals surface area contributed by atoms with Crippen LogP contribution in [0.25, 0.3) is 0 Å². The van der Waals surface area contributed by atoms with Gasteiger partial charge < -0.3 is 19.7 Å². The Morgan fingerprint density at radius 3 is 2.27 bits per heavy atom. The minimum atomic E-state index is -3.88. The molecule has 4 rings (SSSR count). The minimum absolute atomic E-state index is 0.0353. The topological polar surface area (TPSA) is 105 Å². The number of fused-ring (bicyclic) bond motifs is 1. The Morgan fingerprint density at radius 1 is 0.927 bits per heavy atom. The Hall–Kier alpha value is -4.05. The summed E-state index contributed by atoms with van der Waals surface area (Å²) in [4.78, 5) is 29.3. The molecule has 0 saturated carbocycles. The van der Waals surface area contributed by atoms with Gasteiger partial charge in [-0.3, -0.25) is 13.9 Å². The molecule has 0 spiro atoms. The van der Waals surface area contributed by atoms with Gasteiger partial charge in [-0.25, -0.2) is 8.42 Å². The second-order valence-electron chi connectivity index (χ2n) is 10.7. The summed E-state index contributed by atoms with van der Waals surface area (Å²) >= 11 is 0. The number of aryl methyl sites for hydroxylation is 1. The van der Waals surface area contributed by atoms with Crippen molar-refractivity contribution in [1.82, 2.24) is 10.2 Å². The fourth-order valence-corrected chi connectivity index (χ4v) is 5.36. The van der Waals surface area contributed by atoms with Gasteiger partial charge in [-0.05, 0) is 36.1 Å². The highest BCUT2D eigenvalue weighted by Crippen LogP contribution is 2.36. The molecular formula is C31H37N3O6S. The average molecular weight is 580 g/mol. The lowest BCUT2D eigenvalue weighted by Gasteiger charge is -2.33. The zero-order valence-corrected chi connectivity index (χ0v) is 24.7. The van der Waals surface area contributed by atoms with E-state index in [9.17, 15) is 18.0 Å². The SMILES string of the molecule is Cc1ccc(CN(C(=O)CN(c2ccc3c(c2)OCO3)S(C)(=O)=O)[C@H](Cc2ccccc2)C(=O)NCC(C)C)cc1. The van der Waals surface area contributed by atoms with Gasteiger partial charge >= 0.3 is 0 Å². The highest BCUT2D eigenvalue weighted by atomic mass is 32.2. The van der Waals surface area contributed by atoms with Crippen LogP contribution in [-0.4, -0.2) is 57.3 Å². The van der Waals surface area contributed by atoms with Gasteiger partial charge in [-0.15, -0.1) is 0 Å². The van der Waals surface area contributed by atoms with Crippen LogP contribution in [0.2, 0.25) is 0 Å². The van der Waals surface area contributed by atoms with E-state index in [1.807, 2.05) is 75.4 Å². The molecule has 1 N–H and O–H groups in total. The fraction of sp³-hybridized carbons (Fsp3) is 0.355. The molecule has 0 unspecified atom stereocenters. The van der Waals surface area contributed by atoms with Gasteiger partial charge in [0.2, 0.25) is 28.6 Å². The van der Waals surface area contributed by atoms with Crippen molar-refractivity contribution in [1.29, 1.82) is 0 Å². The third kappa shape index (κ3) is 8.00. The maximum absolute atomic E-state index is 14.1. The second kappa shape index (κ2) is 13.1. The minimum Gasteiger partial charge on any atom is -0.454 e. The van der Waals surface area contributed by atoms with Crippen LogP contribution in [-0.2, 0) is 32.6 Å². The molecule has 10 heteroatoms. The van der Waals surface area contributed by atoms with E-state index in [1.165, 1.54) is 11.0 Å². The Balaban J connectivity index is 1.71. The first-order chi connectivity index (χ1) is 19.5. The van der Waals surface area contributed by atoms with Gasteiger partial charge in [0.15, 0.2) is 11.5 Å². The van der Waals surface area contributed by atoms with Crippen LogP contribution in [0.15, 0.2) is 72.8 Å². The van der Waals surface area contributed by atoms with Crippen molar-refractivity contribution < 1.29 is 27.5 Å². The smallest absolute Gasteiger partial charge is 0.244 e. The number of rotatable bonds is 12. The van der Waals surface area contributed by atoms with Crippen LogP contribution in [0.4, 0.5) is 5.69 Å². The fourth-order valence-electron chi connectivity index (χ4n) is 4.52. The van der Waals surface area contributed by atoms with E-state index in [-0.39, 0.29) is 37.3 Å². The van der Waals surface area contributed by atoms with E-state index in [1.54, 1.807) is 12.1 Å². The quantitative estimate of drug-likeness (QED) is 0.349. The Bertz CT molecular complexity index is 1460. The summed E-state index contributed by atoms with van der Waals surface area (Å²) in [5, 5.41) is 2.98. The molecule has 1 aliphatic heterocycles. The summed E-state index contributed by atoms with van der Waals surface area (Å²) in [7, 11) is -3.88. The van der Waals surface area contributed by atoms with Gasteiger partial charge in [0, 0.05) is 25.6 Å². The number of carbonyl (C=O) groups excluding carboxylic acids is 2.